The van der Waals surface area contributed by atoms with Gasteiger partial charge < -0.3 is 4.74 Å². The zero-order chi connectivity index (χ0) is 12.5. The van der Waals surface area contributed by atoms with Gasteiger partial charge in [-0.3, -0.25) is 4.79 Å². The summed E-state index contributed by atoms with van der Waals surface area (Å²) >= 11 is 1.58. The maximum atomic E-state index is 11.1. The third kappa shape index (κ3) is 5.16. The van der Waals surface area contributed by atoms with E-state index in [1.54, 1.807) is 11.8 Å². The minimum atomic E-state index is -0.342. The number of carbonyl (C=O) groups is 1. The Kier molecular flexibility index (Phi) is 6.61. The Balaban J connectivity index is 2.33. The van der Waals surface area contributed by atoms with Crippen LogP contribution < -0.4 is 0 Å². The van der Waals surface area contributed by atoms with E-state index in [-0.39, 0.29) is 12.5 Å². The van der Waals surface area contributed by atoms with Gasteiger partial charge in [-0.1, -0.05) is 37.9 Å². The summed E-state index contributed by atoms with van der Waals surface area (Å²) in [7, 11) is 1.35. The average molecular weight is 258 g/mol. The number of rotatable bonds is 8. The van der Waals surface area contributed by atoms with Gasteiger partial charge in [-0.25, -0.2) is 4.68 Å². The number of methoxy groups -OCH3 is 1. The molecule has 1 aromatic rings. The second-order valence-corrected chi connectivity index (χ2v) is 4.67. The summed E-state index contributed by atoms with van der Waals surface area (Å²) < 4.78 is 6.04. The molecule has 0 saturated heterocycles. The number of hydrogen-bond donors (Lipinski definition) is 0. The van der Waals surface area contributed by atoms with Crippen LogP contribution in [0.15, 0.2) is 5.16 Å². The quantitative estimate of drug-likeness (QED) is 0.400. The molecule has 0 amide bonds. The maximum Gasteiger partial charge on any atom is 0.327 e. The monoisotopic (exact) mass is 258 g/mol. The first-order chi connectivity index (χ1) is 8.27. The molecule has 0 N–H and O–H groups in total. The minimum Gasteiger partial charge on any atom is -0.468 e. The van der Waals surface area contributed by atoms with E-state index in [0.717, 1.165) is 12.2 Å². The largest absolute Gasteiger partial charge is 0.468 e. The predicted molar refractivity (Wildman–Crippen MR) is 64.7 cm³/mol. The number of hydrogen-bond acceptors (Lipinski definition) is 6. The molecule has 0 unspecified atom stereocenters. The smallest absolute Gasteiger partial charge is 0.327 e. The topological polar surface area (TPSA) is 69.9 Å². The second kappa shape index (κ2) is 8.05. The summed E-state index contributed by atoms with van der Waals surface area (Å²) in [6.07, 6.45) is 4.85. The van der Waals surface area contributed by atoms with Gasteiger partial charge in [-0.05, 0) is 16.8 Å². The molecule has 0 atom stereocenters. The van der Waals surface area contributed by atoms with Crippen LogP contribution in [-0.2, 0) is 16.1 Å². The van der Waals surface area contributed by atoms with Crippen LogP contribution >= 0.6 is 11.8 Å². The molecule has 96 valence electrons. The van der Waals surface area contributed by atoms with E-state index < -0.39 is 0 Å². The number of ether oxygens (including phenoxy) is 1. The summed E-state index contributed by atoms with van der Waals surface area (Å²) in [6.45, 7) is 2.25. The third-order valence-corrected chi connectivity index (χ3v) is 3.28. The Morgan fingerprint density at radius 2 is 2.24 bits per heavy atom. The molecular formula is C10H18N4O2S. The van der Waals surface area contributed by atoms with Crippen LogP contribution in [0, 0.1) is 0 Å². The summed E-state index contributed by atoms with van der Waals surface area (Å²) in [6, 6.07) is 0. The van der Waals surface area contributed by atoms with E-state index in [0.29, 0.717) is 5.16 Å². The summed E-state index contributed by atoms with van der Waals surface area (Å²) in [5, 5.41) is 11.9. The Hall–Kier alpha value is -1.11. The molecule has 0 aliphatic heterocycles. The van der Waals surface area contributed by atoms with Gasteiger partial charge in [0.25, 0.3) is 0 Å². The van der Waals surface area contributed by atoms with Crippen LogP contribution in [0.3, 0.4) is 0 Å². The van der Waals surface area contributed by atoms with Crippen molar-refractivity contribution in [1.29, 1.82) is 0 Å². The van der Waals surface area contributed by atoms with E-state index in [9.17, 15) is 4.79 Å². The lowest BCUT2D eigenvalue weighted by molar-refractivity contribution is -0.141. The second-order valence-electron chi connectivity index (χ2n) is 3.60. The molecule has 0 radical (unpaired) electrons. The van der Waals surface area contributed by atoms with E-state index in [1.165, 1.54) is 31.1 Å². The van der Waals surface area contributed by atoms with Crippen LogP contribution in [-0.4, -0.2) is 39.0 Å². The fraction of sp³-hybridized carbons (Fsp3) is 0.800. The van der Waals surface area contributed by atoms with Crippen molar-refractivity contribution >= 4 is 17.7 Å². The number of unbranched alkanes of at least 4 members (excludes halogenated alkanes) is 3. The van der Waals surface area contributed by atoms with E-state index in [4.69, 9.17) is 0 Å². The third-order valence-electron chi connectivity index (χ3n) is 2.23. The van der Waals surface area contributed by atoms with Gasteiger partial charge in [-0.2, -0.15) is 0 Å². The lowest BCUT2D eigenvalue weighted by atomic mass is 10.2. The zero-order valence-electron chi connectivity index (χ0n) is 10.3. The molecular weight excluding hydrogens is 240 g/mol. The first kappa shape index (κ1) is 14.0. The first-order valence-electron chi connectivity index (χ1n) is 5.73. The molecule has 0 aliphatic carbocycles. The van der Waals surface area contributed by atoms with Gasteiger partial charge in [0.2, 0.25) is 5.16 Å². The maximum absolute atomic E-state index is 11.1. The van der Waals surface area contributed by atoms with Gasteiger partial charge in [0.05, 0.1) is 7.11 Å². The van der Waals surface area contributed by atoms with Crippen molar-refractivity contribution in [2.24, 2.45) is 0 Å². The number of aromatic nitrogens is 4. The number of nitrogens with zero attached hydrogens (tertiary/aromatic N) is 4. The highest BCUT2D eigenvalue weighted by Crippen LogP contribution is 2.16. The molecule has 0 aromatic carbocycles. The van der Waals surface area contributed by atoms with Crippen molar-refractivity contribution in [3.05, 3.63) is 0 Å². The van der Waals surface area contributed by atoms with Crippen molar-refractivity contribution in [2.45, 2.75) is 44.3 Å². The number of tetrazole rings is 1. The highest BCUT2D eigenvalue weighted by Gasteiger charge is 2.10. The van der Waals surface area contributed by atoms with E-state index in [2.05, 4.69) is 27.2 Å². The van der Waals surface area contributed by atoms with Crippen LogP contribution in [0.4, 0.5) is 0 Å². The lowest BCUT2D eigenvalue weighted by Crippen LogP contribution is -2.13. The van der Waals surface area contributed by atoms with Gasteiger partial charge in [0.15, 0.2) is 0 Å². The van der Waals surface area contributed by atoms with Gasteiger partial charge in [0, 0.05) is 5.75 Å². The standard InChI is InChI=1S/C10H18N4O2S/c1-3-4-5-6-7-17-10-11-12-13-14(10)8-9(15)16-2/h3-8H2,1-2H3. The molecule has 17 heavy (non-hydrogen) atoms. The number of esters is 1. The number of thioether (sulfide) groups is 1. The Bertz CT molecular complexity index is 343. The van der Waals surface area contributed by atoms with Gasteiger partial charge >= 0.3 is 5.97 Å². The van der Waals surface area contributed by atoms with Crippen LogP contribution in [0.1, 0.15) is 32.6 Å². The zero-order valence-corrected chi connectivity index (χ0v) is 11.1. The first-order valence-corrected chi connectivity index (χ1v) is 6.72. The normalized spacial score (nSPS) is 10.5. The molecule has 6 nitrogen and oxygen atoms in total. The summed E-state index contributed by atoms with van der Waals surface area (Å²) in [4.78, 5) is 11.1. The molecule has 0 fully saturated rings. The Morgan fingerprint density at radius 1 is 1.41 bits per heavy atom. The van der Waals surface area contributed by atoms with Crippen molar-refractivity contribution in [2.75, 3.05) is 12.9 Å². The summed E-state index contributed by atoms with van der Waals surface area (Å²) in [5.41, 5.74) is 0. The van der Waals surface area contributed by atoms with Crippen LogP contribution in [0.5, 0.6) is 0 Å². The summed E-state index contributed by atoms with van der Waals surface area (Å²) in [5.74, 6) is 0.631. The fourth-order valence-electron chi connectivity index (χ4n) is 1.28. The van der Waals surface area contributed by atoms with E-state index >= 15 is 0 Å². The Morgan fingerprint density at radius 3 is 2.94 bits per heavy atom. The van der Waals surface area contributed by atoms with Gasteiger partial charge in [-0.15, -0.1) is 5.10 Å². The number of carbonyl (C=O) groups excluding carboxylic acids is 1. The molecule has 0 spiro atoms. The van der Waals surface area contributed by atoms with Crippen molar-refractivity contribution in [3.63, 3.8) is 0 Å². The lowest BCUT2D eigenvalue weighted by Gasteiger charge is -2.02. The predicted octanol–water partition coefficient (Wildman–Crippen LogP) is 1.52. The molecule has 0 aliphatic rings. The Labute approximate surface area is 105 Å². The SMILES string of the molecule is CCCCCCSc1nnnn1CC(=O)OC. The molecule has 7 heteroatoms. The van der Waals surface area contributed by atoms with Crippen LogP contribution in [0.25, 0.3) is 0 Å². The minimum absolute atomic E-state index is 0.0702. The van der Waals surface area contributed by atoms with E-state index in [1.807, 2.05) is 0 Å². The van der Waals surface area contributed by atoms with Crippen molar-refractivity contribution in [3.8, 4) is 0 Å². The molecule has 1 aromatic heterocycles. The molecule has 1 heterocycles. The fourth-order valence-corrected chi connectivity index (χ4v) is 2.15. The van der Waals surface area contributed by atoms with Crippen molar-refractivity contribution in [1.82, 2.24) is 20.2 Å². The van der Waals surface area contributed by atoms with Crippen molar-refractivity contribution < 1.29 is 9.53 Å². The highest BCUT2D eigenvalue weighted by molar-refractivity contribution is 7.99. The average Bonchev–Trinajstić information content (AvgIpc) is 2.76. The molecule has 1 rings (SSSR count). The molecule has 0 bridgehead atoms. The van der Waals surface area contributed by atoms with Crippen LogP contribution in [0.2, 0.25) is 0 Å². The molecule has 0 saturated carbocycles. The highest BCUT2D eigenvalue weighted by atomic mass is 32.2. The van der Waals surface area contributed by atoms with Gasteiger partial charge in [0.1, 0.15) is 6.54 Å².